The van der Waals surface area contributed by atoms with Crippen LogP contribution in [0.2, 0.25) is 0 Å². The fraction of sp³-hybridized carbons (Fsp3) is 0.0667. The standard InChI is InChI=1S/C15H12N2OS/c1-11-6-8-12(9-7-11)16-10-17-14-5-3-2-4-13(14)15(18)19-17/h2-10H,1H3. The zero-order valence-electron chi connectivity index (χ0n) is 10.4. The Morgan fingerprint density at radius 1 is 1.11 bits per heavy atom. The molecule has 0 saturated heterocycles. The third-order valence-corrected chi connectivity index (χ3v) is 3.76. The van der Waals surface area contributed by atoms with E-state index in [1.54, 1.807) is 10.3 Å². The molecular weight excluding hydrogens is 256 g/mol. The van der Waals surface area contributed by atoms with Crippen LogP contribution in [0.5, 0.6) is 0 Å². The van der Waals surface area contributed by atoms with E-state index in [1.807, 2.05) is 55.5 Å². The van der Waals surface area contributed by atoms with Gasteiger partial charge >= 0.3 is 0 Å². The molecule has 0 spiro atoms. The van der Waals surface area contributed by atoms with Gasteiger partial charge in [-0.1, -0.05) is 29.8 Å². The summed E-state index contributed by atoms with van der Waals surface area (Å²) in [5.41, 5.74) is 2.98. The number of hydrogen-bond donors (Lipinski definition) is 0. The average Bonchev–Trinajstić information content (AvgIpc) is 2.76. The highest BCUT2D eigenvalue weighted by Gasteiger charge is 2.04. The van der Waals surface area contributed by atoms with E-state index in [2.05, 4.69) is 4.99 Å². The zero-order chi connectivity index (χ0) is 13.2. The summed E-state index contributed by atoms with van der Waals surface area (Å²) < 4.78 is 1.86. The van der Waals surface area contributed by atoms with Gasteiger partial charge in [-0.15, -0.1) is 0 Å². The van der Waals surface area contributed by atoms with Crippen molar-refractivity contribution in [2.45, 2.75) is 6.92 Å². The average molecular weight is 268 g/mol. The first-order chi connectivity index (χ1) is 9.24. The second-order valence-electron chi connectivity index (χ2n) is 4.30. The van der Waals surface area contributed by atoms with Gasteiger partial charge in [0.2, 0.25) is 0 Å². The highest BCUT2D eigenvalue weighted by atomic mass is 32.1. The lowest BCUT2D eigenvalue weighted by Gasteiger charge is -1.96. The summed E-state index contributed by atoms with van der Waals surface area (Å²) in [6.07, 6.45) is 1.69. The summed E-state index contributed by atoms with van der Waals surface area (Å²) in [7, 11) is 0. The van der Waals surface area contributed by atoms with Crippen molar-refractivity contribution < 1.29 is 0 Å². The molecule has 0 aliphatic heterocycles. The minimum absolute atomic E-state index is 0.0611. The molecular formula is C15H12N2OS. The van der Waals surface area contributed by atoms with Crippen molar-refractivity contribution in [3.8, 4) is 0 Å². The molecule has 3 rings (SSSR count). The highest BCUT2D eigenvalue weighted by Crippen LogP contribution is 2.15. The molecule has 0 unspecified atom stereocenters. The maximum atomic E-state index is 11.8. The molecule has 19 heavy (non-hydrogen) atoms. The molecule has 4 heteroatoms. The van der Waals surface area contributed by atoms with Crippen LogP contribution < -0.4 is 4.74 Å². The SMILES string of the molecule is Cc1ccc(N=Cn2sc(=O)c3ccccc32)cc1. The number of aryl methyl sites for hydroxylation is 1. The van der Waals surface area contributed by atoms with Crippen LogP contribution in [0.4, 0.5) is 5.69 Å². The van der Waals surface area contributed by atoms with E-state index in [4.69, 9.17) is 0 Å². The predicted octanol–water partition coefficient (Wildman–Crippen LogP) is 3.58. The Balaban J connectivity index is 2.02. The van der Waals surface area contributed by atoms with Crippen molar-refractivity contribution in [1.29, 1.82) is 0 Å². The molecule has 0 radical (unpaired) electrons. The monoisotopic (exact) mass is 268 g/mol. The van der Waals surface area contributed by atoms with E-state index in [9.17, 15) is 4.79 Å². The Labute approximate surface area is 114 Å². The molecule has 2 aromatic carbocycles. The van der Waals surface area contributed by atoms with Crippen molar-refractivity contribution in [2.24, 2.45) is 4.99 Å². The quantitative estimate of drug-likeness (QED) is 0.516. The van der Waals surface area contributed by atoms with Crippen molar-refractivity contribution in [3.63, 3.8) is 0 Å². The fourth-order valence-electron chi connectivity index (χ4n) is 1.86. The topological polar surface area (TPSA) is 34.4 Å². The van der Waals surface area contributed by atoms with Crippen molar-refractivity contribution in [3.05, 3.63) is 63.6 Å². The van der Waals surface area contributed by atoms with Gasteiger partial charge in [-0.05, 0) is 42.7 Å². The maximum Gasteiger partial charge on any atom is 0.257 e. The van der Waals surface area contributed by atoms with Crippen LogP contribution in [-0.2, 0) is 0 Å². The molecule has 3 aromatic rings. The predicted molar refractivity (Wildman–Crippen MR) is 80.8 cm³/mol. The minimum atomic E-state index is 0.0611. The van der Waals surface area contributed by atoms with Crippen LogP contribution in [0.25, 0.3) is 10.9 Å². The molecule has 1 heterocycles. The molecule has 94 valence electrons. The van der Waals surface area contributed by atoms with Gasteiger partial charge in [0.25, 0.3) is 4.74 Å². The Bertz CT molecular complexity index is 797. The number of rotatable bonds is 2. The van der Waals surface area contributed by atoms with E-state index in [1.165, 1.54) is 5.56 Å². The second kappa shape index (κ2) is 4.82. The van der Waals surface area contributed by atoms with E-state index in [0.717, 1.165) is 28.1 Å². The minimum Gasteiger partial charge on any atom is -0.276 e. The van der Waals surface area contributed by atoms with Crippen LogP contribution in [0, 0.1) is 6.92 Å². The Morgan fingerprint density at radius 2 is 1.84 bits per heavy atom. The van der Waals surface area contributed by atoms with Gasteiger partial charge in [-0.3, -0.25) is 8.75 Å². The number of fused-ring (bicyclic) bond motifs is 1. The lowest BCUT2D eigenvalue weighted by atomic mass is 10.2. The number of hydrogen-bond acceptors (Lipinski definition) is 3. The van der Waals surface area contributed by atoms with Crippen LogP contribution in [0.3, 0.4) is 0 Å². The van der Waals surface area contributed by atoms with Gasteiger partial charge in [0.15, 0.2) is 0 Å². The van der Waals surface area contributed by atoms with E-state index in [-0.39, 0.29) is 4.74 Å². The normalized spacial score (nSPS) is 11.4. The van der Waals surface area contributed by atoms with Gasteiger partial charge in [0, 0.05) is 0 Å². The first kappa shape index (κ1) is 11.9. The Morgan fingerprint density at radius 3 is 2.63 bits per heavy atom. The number of nitrogens with zero attached hydrogens (tertiary/aromatic N) is 2. The first-order valence-electron chi connectivity index (χ1n) is 5.95. The number of aliphatic imine (C=N–C) groups is 1. The van der Waals surface area contributed by atoms with Crippen LogP contribution in [0.1, 0.15) is 5.56 Å². The largest absolute Gasteiger partial charge is 0.276 e. The van der Waals surface area contributed by atoms with Crippen molar-refractivity contribution in [2.75, 3.05) is 0 Å². The maximum absolute atomic E-state index is 11.8. The first-order valence-corrected chi connectivity index (χ1v) is 6.73. The third-order valence-electron chi connectivity index (χ3n) is 2.89. The smallest absolute Gasteiger partial charge is 0.257 e. The number of para-hydroxylation sites is 1. The van der Waals surface area contributed by atoms with Crippen molar-refractivity contribution >= 4 is 34.5 Å². The number of benzene rings is 2. The fourth-order valence-corrected chi connectivity index (χ4v) is 2.66. The van der Waals surface area contributed by atoms with Gasteiger partial charge in [-0.25, -0.2) is 4.99 Å². The summed E-state index contributed by atoms with van der Waals surface area (Å²) in [6.45, 7) is 2.04. The second-order valence-corrected chi connectivity index (χ2v) is 5.25. The summed E-state index contributed by atoms with van der Waals surface area (Å²) in [5.74, 6) is 0. The molecule has 0 aliphatic rings. The number of aromatic nitrogens is 1. The highest BCUT2D eigenvalue weighted by molar-refractivity contribution is 7.06. The van der Waals surface area contributed by atoms with Crippen LogP contribution in [0.15, 0.2) is 58.3 Å². The van der Waals surface area contributed by atoms with E-state index in [0.29, 0.717) is 0 Å². The van der Waals surface area contributed by atoms with Gasteiger partial charge < -0.3 is 0 Å². The van der Waals surface area contributed by atoms with E-state index < -0.39 is 0 Å². The molecule has 0 fully saturated rings. The van der Waals surface area contributed by atoms with Crippen LogP contribution >= 0.6 is 11.5 Å². The Kier molecular flexibility index (Phi) is 3.01. The molecule has 0 aliphatic carbocycles. The van der Waals surface area contributed by atoms with Crippen molar-refractivity contribution in [1.82, 2.24) is 3.96 Å². The summed E-state index contributed by atoms with van der Waals surface area (Å²) in [5, 5.41) is 0.739. The summed E-state index contributed by atoms with van der Waals surface area (Å²) in [4.78, 5) is 16.2. The molecule has 0 atom stereocenters. The summed E-state index contributed by atoms with van der Waals surface area (Å²) in [6, 6.07) is 15.5. The van der Waals surface area contributed by atoms with E-state index >= 15 is 0 Å². The molecule has 0 N–H and O–H groups in total. The zero-order valence-corrected chi connectivity index (χ0v) is 11.2. The molecule has 3 nitrogen and oxygen atoms in total. The summed E-state index contributed by atoms with van der Waals surface area (Å²) >= 11 is 1.16. The van der Waals surface area contributed by atoms with Gasteiger partial charge in [-0.2, -0.15) is 0 Å². The third kappa shape index (κ3) is 2.35. The van der Waals surface area contributed by atoms with Gasteiger partial charge in [0.05, 0.1) is 16.6 Å². The Hall–Kier alpha value is -2.20. The molecule has 0 bridgehead atoms. The molecule has 0 saturated carbocycles. The lowest BCUT2D eigenvalue weighted by Crippen LogP contribution is -1.89. The van der Waals surface area contributed by atoms with Gasteiger partial charge in [0.1, 0.15) is 6.34 Å². The molecule has 1 aromatic heterocycles. The lowest BCUT2D eigenvalue weighted by molar-refractivity contribution is 1.38. The molecule has 0 amide bonds. The van der Waals surface area contributed by atoms with Crippen LogP contribution in [-0.4, -0.2) is 10.3 Å².